The van der Waals surface area contributed by atoms with E-state index in [1.807, 2.05) is 6.07 Å². The Bertz CT molecular complexity index is 663. The Morgan fingerprint density at radius 2 is 2.20 bits per heavy atom. The summed E-state index contributed by atoms with van der Waals surface area (Å²) in [5, 5.41) is 14.7. The van der Waals surface area contributed by atoms with Crippen LogP contribution in [0.15, 0.2) is 35.7 Å². The second-order valence-electron chi connectivity index (χ2n) is 3.81. The number of nitrogens with one attached hydrogen (secondary N) is 1. The van der Waals surface area contributed by atoms with E-state index in [4.69, 9.17) is 5.73 Å². The van der Waals surface area contributed by atoms with E-state index in [0.29, 0.717) is 5.71 Å². The lowest BCUT2D eigenvalue weighted by molar-refractivity contribution is -0.137. The molecule has 2 rings (SSSR count). The number of hydrazone groups is 1. The molecule has 2 amide bonds. The van der Waals surface area contributed by atoms with Gasteiger partial charge in [0.1, 0.15) is 6.33 Å². The molecule has 0 aliphatic heterocycles. The van der Waals surface area contributed by atoms with Crippen molar-refractivity contribution in [2.24, 2.45) is 10.8 Å². The topological polar surface area (TPSA) is 128 Å². The molecule has 0 unspecified atom stereocenters. The van der Waals surface area contributed by atoms with Gasteiger partial charge >= 0.3 is 11.8 Å². The quantitative estimate of drug-likeness (QED) is 0.420. The summed E-state index contributed by atoms with van der Waals surface area (Å²) in [6.45, 7) is 1.68. The molecule has 0 spiro atoms. The van der Waals surface area contributed by atoms with E-state index >= 15 is 0 Å². The minimum absolute atomic E-state index is 0.509. The number of hydrogen-bond donors (Lipinski definition) is 2. The number of nitrogens with zero attached hydrogens (tertiary/aromatic N) is 5. The first kappa shape index (κ1) is 13.3. The lowest BCUT2D eigenvalue weighted by atomic mass is 10.1. The van der Waals surface area contributed by atoms with Crippen LogP contribution in [0.2, 0.25) is 0 Å². The maximum absolute atomic E-state index is 11.0. The Kier molecular flexibility index (Phi) is 3.80. The van der Waals surface area contributed by atoms with Gasteiger partial charge in [-0.3, -0.25) is 9.59 Å². The van der Waals surface area contributed by atoms with Crippen LogP contribution < -0.4 is 11.2 Å². The SMILES string of the molecule is C/C(=N\NC(=O)C(N)=O)c1cccc(-n2cnnn2)c1. The number of carbonyl (C=O) groups excluding carboxylic acids is 2. The zero-order valence-corrected chi connectivity index (χ0v) is 10.5. The van der Waals surface area contributed by atoms with Crippen LogP contribution >= 0.6 is 0 Å². The largest absolute Gasteiger partial charge is 0.361 e. The molecule has 3 N–H and O–H groups in total. The minimum atomic E-state index is -1.09. The molecule has 0 bridgehead atoms. The van der Waals surface area contributed by atoms with Crippen molar-refractivity contribution in [1.82, 2.24) is 25.6 Å². The minimum Gasteiger partial charge on any atom is -0.361 e. The van der Waals surface area contributed by atoms with Crippen molar-refractivity contribution < 1.29 is 9.59 Å². The Labute approximate surface area is 113 Å². The fourth-order valence-electron chi connectivity index (χ4n) is 1.41. The molecular weight excluding hydrogens is 262 g/mol. The van der Waals surface area contributed by atoms with E-state index < -0.39 is 11.8 Å². The molecule has 9 nitrogen and oxygen atoms in total. The first-order valence-corrected chi connectivity index (χ1v) is 5.56. The first-order valence-electron chi connectivity index (χ1n) is 5.56. The molecule has 0 atom stereocenters. The zero-order valence-electron chi connectivity index (χ0n) is 10.5. The van der Waals surface area contributed by atoms with Gasteiger partial charge in [-0.15, -0.1) is 5.10 Å². The molecule has 102 valence electrons. The Balaban J connectivity index is 2.20. The van der Waals surface area contributed by atoms with Crippen molar-refractivity contribution in [3.63, 3.8) is 0 Å². The number of carbonyl (C=O) groups is 2. The fourth-order valence-corrected chi connectivity index (χ4v) is 1.41. The van der Waals surface area contributed by atoms with Gasteiger partial charge in [-0.1, -0.05) is 12.1 Å². The number of amides is 2. The van der Waals surface area contributed by atoms with Gasteiger partial charge in [-0.05, 0) is 35.0 Å². The van der Waals surface area contributed by atoms with Gasteiger partial charge in [-0.2, -0.15) is 5.10 Å². The average Bonchev–Trinajstić information content (AvgIpc) is 2.98. The summed E-state index contributed by atoms with van der Waals surface area (Å²) in [5.74, 6) is -2.06. The van der Waals surface area contributed by atoms with Crippen LogP contribution in [0.1, 0.15) is 12.5 Å². The van der Waals surface area contributed by atoms with Gasteiger partial charge in [0.2, 0.25) is 0 Å². The predicted molar refractivity (Wildman–Crippen MR) is 68.7 cm³/mol. The normalized spacial score (nSPS) is 11.2. The van der Waals surface area contributed by atoms with Crippen LogP contribution in [0, 0.1) is 0 Å². The molecule has 0 aliphatic carbocycles. The van der Waals surface area contributed by atoms with E-state index in [1.165, 1.54) is 11.0 Å². The van der Waals surface area contributed by atoms with Gasteiger partial charge in [0.05, 0.1) is 11.4 Å². The Morgan fingerprint density at radius 3 is 2.85 bits per heavy atom. The fraction of sp³-hybridized carbons (Fsp3) is 0.0909. The van der Waals surface area contributed by atoms with Gasteiger partial charge in [0, 0.05) is 0 Å². The molecule has 9 heteroatoms. The van der Waals surface area contributed by atoms with Crippen molar-refractivity contribution in [2.45, 2.75) is 6.92 Å². The van der Waals surface area contributed by atoms with E-state index in [2.05, 4.69) is 26.1 Å². The number of tetrazole rings is 1. The highest BCUT2D eigenvalue weighted by atomic mass is 16.2. The highest BCUT2D eigenvalue weighted by Crippen LogP contribution is 2.09. The van der Waals surface area contributed by atoms with Gasteiger partial charge in [0.25, 0.3) is 0 Å². The summed E-state index contributed by atoms with van der Waals surface area (Å²) in [6.07, 6.45) is 1.46. The van der Waals surface area contributed by atoms with Crippen molar-refractivity contribution in [3.05, 3.63) is 36.2 Å². The van der Waals surface area contributed by atoms with Crippen LogP contribution in [-0.4, -0.2) is 37.7 Å². The summed E-state index contributed by atoms with van der Waals surface area (Å²) in [4.78, 5) is 21.6. The monoisotopic (exact) mass is 273 g/mol. The van der Waals surface area contributed by atoms with Crippen molar-refractivity contribution in [1.29, 1.82) is 0 Å². The summed E-state index contributed by atoms with van der Waals surface area (Å²) in [6, 6.07) is 7.19. The number of rotatable bonds is 3. The highest BCUT2D eigenvalue weighted by molar-refractivity contribution is 6.34. The molecule has 20 heavy (non-hydrogen) atoms. The number of benzene rings is 1. The molecule has 0 saturated carbocycles. The molecule has 2 aromatic rings. The summed E-state index contributed by atoms with van der Waals surface area (Å²) >= 11 is 0. The number of primary amides is 1. The maximum atomic E-state index is 11.0. The highest BCUT2D eigenvalue weighted by Gasteiger charge is 2.07. The zero-order chi connectivity index (χ0) is 14.5. The predicted octanol–water partition coefficient (Wildman–Crippen LogP) is -1.01. The van der Waals surface area contributed by atoms with Crippen LogP contribution in [0.25, 0.3) is 5.69 Å². The summed E-state index contributed by atoms with van der Waals surface area (Å²) in [7, 11) is 0. The van der Waals surface area contributed by atoms with Crippen LogP contribution in [0.3, 0.4) is 0 Å². The number of aromatic nitrogens is 4. The molecule has 0 fully saturated rings. The smallest absolute Gasteiger partial charge is 0.329 e. The number of hydrogen-bond acceptors (Lipinski definition) is 6. The second-order valence-corrected chi connectivity index (χ2v) is 3.81. The van der Waals surface area contributed by atoms with Crippen LogP contribution in [0.4, 0.5) is 0 Å². The lowest BCUT2D eigenvalue weighted by Crippen LogP contribution is -2.33. The van der Waals surface area contributed by atoms with Crippen LogP contribution in [0.5, 0.6) is 0 Å². The van der Waals surface area contributed by atoms with Crippen molar-refractivity contribution >= 4 is 17.5 Å². The molecular formula is C11H11N7O2. The summed E-state index contributed by atoms with van der Waals surface area (Å²) < 4.78 is 1.48. The van der Waals surface area contributed by atoms with Gasteiger partial charge in [0.15, 0.2) is 0 Å². The molecule has 0 aliphatic rings. The van der Waals surface area contributed by atoms with Gasteiger partial charge < -0.3 is 5.73 Å². The molecule has 1 aromatic heterocycles. The van der Waals surface area contributed by atoms with Crippen LogP contribution in [-0.2, 0) is 9.59 Å². The summed E-state index contributed by atoms with van der Waals surface area (Å²) in [5.41, 5.74) is 8.85. The Morgan fingerprint density at radius 1 is 1.40 bits per heavy atom. The van der Waals surface area contributed by atoms with E-state index in [9.17, 15) is 9.59 Å². The second kappa shape index (κ2) is 5.69. The first-order chi connectivity index (χ1) is 9.58. The maximum Gasteiger partial charge on any atom is 0.329 e. The third-order valence-electron chi connectivity index (χ3n) is 2.43. The van der Waals surface area contributed by atoms with E-state index in [1.54, 1.807) is 25.1 Å². The third kappa shape index (κ3) is 3.02. The van der Waals surface area contributed by atoms with E-state index in [0.717, 1.165) is 11.3 Å². The average molecular weight is 273 g/mol. The molecule has 0 radical (unpaired) electrons. The lowest BCUT2D eigenvalue weighted by Gasteiger charge is -2.04. The van der Waals surface area contributed by atoms with Gasteiger partial charge in [-0.25, -0.2) is 10.1 Å². The standard InChI is InChI=1S/C11H11N7O2/c1-7(14-15-11(20)10(12)19)8-3-2-4-9(5-8)18-6-13-16-17-18/h2-6H,1H3,(H2,12,19)(H,15,20)/b14-7+. The van der Waals surface area contributed by atoms with Crippen molar-refractivity contribution in [2.75, 3.05) is 0 Å². The van der Waals surface area contributed by atoms with Crippen molar-refractivity contribution in [3.8, 4) is 5.69 Å². The molecule has 1 aromatic carbocycles. The number of nitrogens with two attached hydrogens (primary N) is 1. The molecule has 1 heterocycles. The molecule has 0 saturated heterocycles. The Hall–Kier alpha value is -3.10. The third-order valence-corrected chi connectivity index (χ3v) is 2.43. The van der Waals surface area contributed by atoms with E-state index in [-0.39, 0.29) is 0 Å².